The fourth-order valence-corrected chi connectivity index (χ4v) is 9.06. The van der Waals surface area contributed by atoms with Crippen molar-refractivity contribution in [3.05, 3.63) is 54.4 Å². The molecule has 4 heterocycles. The number of likely N-dealkylation sites (tertiary alicyclic amines) is 2. The number of nitrogens with one attached hydrogen (secondary N) is 5. The van der Waals surface area contributed by atoms with E-state index in [4.69, 9.17) is 14.5 Å². The molecule has 3 atom stereocenters. The van der Waals surface area contributed by atoms with Crippen LogP contribution in [-0.2, 0) is 19.1 Å². The first-order valence-corrected chi connectivity index (χ1v) is 21.5. The van der Waals surface area contributed by atoms with Gasteiger partial charge in [-0.3, -0.25) is 9.59 Å². The Bertz CT molecular complexity index is 2290. The summed E-state index contributed by atoms with van der Waals surface area (Å²) in [5.74, 6) is 0.436. The lowest BCUT2D eigenvalue weighted by atomic mass is 9.90. The number of hydrogen-bond donors (Lipinski definition) is 5. The lowest BCUT2D eigenvalue weighted by Gasteiger charge is -2.34. The Hall–Kier alpha value is -5.62. The summed E-state index contributed by atoms with van der Waals surface area (Å²) in [6, 6.07) is 11.6. The standard InChI is InChI=1S/C44H53F3N8O7/c1-25-21-35(55(24-25)41(57)37(53-43(59)60-2)26-13-19-61-20-14-26)39-51-34-10-6-29-22-28(5-8-33(29)38(34)52-39)32-9-7-31(23-36(32)62-44(45,46)47)50-42(58)49-16-15-48-30-11-17-54(18-12-30)40(56)27-3-4-27/h5-10,22-23,25-27,30,35,37,48H,3-4,11-21,24H2,1-2H3,(H,51,52)(H,53,59)(H2,49,50,58)/t25-,35-,37-/m0/s1. The number of alkyl halides is 3. The van der Waals surface area contributed by atoms with Gasteiger partial charge in [0, 0.05) is 80.6 Å². The second kappa shape index (κ2) is 18.4. The van der Waals surface area contributed by atoms with Gasteiger partial charge in [-0.1, -0.05) is 25.1 Å². The second-order valence-electron chi connectivity index (χ2n) is 16.9. The summed E-state index contributed by atoms with van der Waals surface area (Å²) in [7, 11) is 1.27. The molecule has 4 aromatic rings. The third-order valence-electron chi connectivity index (χ3n) is 12.4. The number of methoxy groups -OCH3 is 1. The summed E-state index contributed by atoms with van der Waals surface area (Å²) < 4.78 is 56.1. The van der Waals surface area contributed by atoms with Crippen LogP contribution in [-0.4, -0.2) is 115 Å². The summed E-state index contributed by atoms with van der Waals surface area (Å²) in [4.78, 5) is 63.8. The summed E-state index contributed by atoms with van der Waals surface area (Å²) >= 11 is 0. The molecule has 332 valence electrons. The van der Waals surface area contributed by atoms with Crippen LogP contribution in [0.1, 0.15) is 63.7 Å². The number of aromatic amines is 1. The van der Waals surface area contributed by atoms with Gasteiger partial charge in [-0.25, -0.2) is 14.6 Å². The molecule has 5 amide bonds. The van der Waals surface area contributed by atoms with Gasteiger partial charge in [0.1, 0.15) is 17.6 Å². The molecule has 62 heavy (non-hydrogen) atoms. The number of benzene rings is 3. The van der Waals surface area contributed by atoms with Gasteiger partial charge in [-0.05, 0) is 92.0 Å². The van der Waals surface area contributed by atoms with Gasteiger partial charge in [-0.15, -0.1) is 13.2 Å². The maximum atomic E-state index is 14.2. The number of piperidine rings is 1. The highest BCUT2D eigenvalue weighted by molar-refractivity contribution is 6.05. The molecule has 0 radical (unpaired) electrons. The van der Waals surface area contributed by atoms with Crippen LogP contribution in [0.3, 0.4) is 0 Å². The van der Waals surface area contributed by atoms with Crippen molar-refractivity contribution in [1.29, 1.82) is 0 Å². The van der Waals surface area contributed by atoms with E-state index in [1.54, 1.807) is 23.1 Å². The Morgan fingerprint density at radius 2 is 1.74 bits per heavy atom. The van der Waals surface area contributed by atoms with E-state index in [1.165, 1.54) is 19.2 Å². The summed E-state index contributed by atoms with van der Waals surface area (Å²) in [5.41, 5.74) is 2.11. The van der Waals surface area contributed by atoms with E-state index < -0.39 is 30.3 Å². The molecule has 1 aliphatic carbocycles. The molecule has 0 spiro atoms. The number of hydrogen-bond acceptors (Lipinski definition) is 9. The molecule has 0 unspecified atom stereocenters. The van der Waals surface area contributed by atoms with Gasteiger partial charge in [0.2, 0.25) is 11.8 Å². The normalized spacial score (nSPS) is 20.6. The van der Waals surface area contributed by atoms with Gasteiger partial charge in [0.15, 0.2) is 0 Å². The van der Waals surface area contributed by atoms with Crippen LogP contribution in [0, 0.1) is 17.8 Å². The van der Waals surface area contributed by atoms with E-state index in [1.807, 2.05) is 17.0 Å². The van der Waals surface area contributed by atoms with Crippen molar-refractivity contribution in [2.24, 2.45) is 17.8 Å². The Morgan fingerprint density at radius 1 is 0.968 bits per heavy atom. The van der Waals surface area contributed by atoms with Gasteiger partial charge in [0.25, 0.3) is 0 Å². The maximum absolute atomic E-state index is 14.2. The minimum atomic E-state index is -5.00. The van der Waals surface area contributed by atoms with Crippen LogP contribution >= 0.6 is 0 Å². The molecule has 4 aliphatic rings. The highest BCUT2D eigenvalue weighted by Crippen LogP contribution is 2.40. The second-order valence-corrected chi connectivity index (χ2v) is 16.9. The highest BCUT2D eigenvalue weighted by Gasteiger charge is 2.42. The van der Waals surface area contributed by atoms with E-state index in [-0.39, 0.29) is 52.9 Å². The van der Waals surface area contributed by atoms with Crippen LogP contribution in [0.4, 0.5) is 28.4 Å². The van der Waals surface area contributed by atoms with Crippen LogP contribution < -0.4 is 26.0 Å². The number of fused-ring (bicyclic) bond motifs is 3. The SMILES string of the molecule is COC(=O)N[C@H](C(=O)N1C[C@@H](C)C[C@H]1c1nc2c(ccc3cc(-c4ccc(NC(=O)NCCNC5CCN(C(=O)C6CC6)CC5)cc4OC(F)(F)F)ccc32)[nH]1)C1CCOCC1. The zero-order valence-electron chi connectivity index (χ0n) is 34.8. The molecule has 1 aromatic heterocycles. The predicted molar refractivity (Wildman–Crippen MR) is 224 cm³/mol. The largest absolute Gasteiger partial charge is 0.573 e. The number of imidazole rings is 1. The van der Waals surface area contributed by atoms with E-state index >= 15 is 0 Å². The smallest absolute Gasteiger partial charge is 0.453 e. The highest BCUT2D eigenvalue weighted by atomic mass is 19.4. The molecule has 4 fully saturated rings. The van der Waals surface area contributed by atoms with Crippen molar-refractivity contribution in [2.75, 3.05) is 58.4 Å². The van der Waals surface area contributed by atoms with E-state index in [9.17, 15) is 32.3 Å². The fourth-order valence-electron chi connectivity index (χ4n) is 9.06. The Kier molecular flexibility index (Phi) is 12.8. The van der Waals surface area contributed by atoms with Crippen LogP contribution in [0.25, 0.3) is 32.9 Å². The van der Waals surface area contributed by atoms with Gasteiger partial charge >= 0.3 is 18.5 Å². The molecular weight excluding hydrogens is 810 g/mol. The fraction of sp³-hybridized carbons (Fsp3) is 0.523. The number of alkyl carbamates (subject to hydrolysis) is 1. The Balaban J connectivity index is 0.946. The van der Waals surface area contributed by atoms with Gasteiger partial charge in [-0.2, -0.15) is 0 Å². The predicted octanol–water partition coefficient (Wildman–Crippen LogP) is 6.45. The van der Waals surface area contributed by atoms with Gasteiger partial charge in [0.05, 0.1) is 24.2 Å². The molecular formula is C44H53F3N8O7. The zero-order chi connectivity index (χ0) is 43.5. The van der Waals surface area contributed by atoms with Gasteiger partial charge < -0.3 is 50.3 Å². The zero-order valence-corrected chi connectivity index (χ0v) is 34.8. The van der Waals surface area contributed by atoms with Crippen LogP contribution in [0.2, 0.25) is 0 Å². The number of H-pyrrole nitrogens is 1. The molecule has 1 saturated carbocycles. The maximum Gasteiger partial charge on any atom is 0.573 e. The molecule has 3 aliphatic heterocycles. The average Bonchev–Trinajstić information content (AvgIpc) is 3.90. The van der Waals surface area contributed by atoms with Crippen molar-refractivity contribution in [3.63, 3.8) is 0 Å². The first-order valence-electron chi connectivity index (χ1n) is 21.5. The van der Waals surface area contributed by atoms with E-state index in [0.29, 0.717) is 74.4 Å². The topological polar surface area (TPSA) is 179 Å². The molecule has 5 N–H and O–H groups in total. The lowest BCUT2D eigenvalue weighted by molar-refractivity contribution is -0.274. The first kappa shape index (κ1) is 43.0. The molecule has 3 aromatic carbocycles. The van der Waals surface area contributed by atoms with Crippen molar-refractivity contribution in [3.8, 4) is 16.9 Å². The third kappa shape index (κ3) is 10.0. The molecule has 8 rings (SSSR count). The van der Waals surface area contributed by atoms with E-state index in [0.717, 1.165) is 55.7 Å². The number of ether oxygens (including phenoxy) is 3. The molecule has 18 heteroatoms. The number of carbonyl (C=O) groups is 4. The van der Waals surface area contributed by atoms with Crippen molar-refractivity contribution in [2.45, 2.75) is 76.4 Å². The minimum Gasteiger partial charge on any atom is -0.453 e. The third-order valence-corrected chi connectivity index (χ3v) is 12.4. The number of urea groups is 1. The number of anilines is 1. The Labute approximate surface area is 356 Å². The molecule has 3 saturated heterocycles. The number of halogens is 3. The monoisotopic (exact) mass is 862 g/mol. The number of aromatic nitrogens is 2. The molecule has 0 bridgehead atoms. The average molecular weight is 863 g/mol. The number of amides is 5. The van der Waals surface area contributed by atoms with Crippen molar-refractivity contribution >= 4 is 51.4 Å². The number of carbonyl (C=O) groups excluding carboxylic acids is 4. The van der Waals surface area contributed by atoms with Crippen molar-refractivity contribution < 1.29 is 46.6 Å². The molecule has 15 nitrogen and oxygen atoms in total. The van der Waals surface area contributed by atoms with Crippen molar-refractivity contribution in [1.82, 2.24) is 35.7 Å². The Morgan fingerprint density at radius 3 is 2.47 bits per heavy atom. The number of nitrogens with zero attached hydrogens (tertiary/aromatic N) is 3. The summed E-state index contributed by atoms with van der Waals surface area (Å²) in [6.07, 6.45) is -0.115. The summed E-state index contributed by atoms with van der Waals surface area (Å²) in [5, 5.41) is 13.0. The summed E-state index contributed by atoms with van der Waals surface area (Å²) in [6.45, 7) is 5.77. The number of rotatable bonds is 12. The lowest BCUT2D eigenvalue weighted by Crippen LogP contribution is -2.53. The van der Waals surface area contributed by atoms with Crippen LogP contribution in [0.15, 0.2) is 48.5 Å². The first-order chi connectivity index (χ1) is 29.8. The van der Waals surface area contributed by atoms with E-state index in [2.05, 4.69) is 37.9 Å². The quantitative estimate of drug-likeness (QED) is 0.100. The van der Waals surface area contributed by atoms with Crippen LogP contribution in [0.5, 0.6) is 5.75 Å². The minimum absolute atomic E-state index is 0.113.